The van der Waals surface area contributed by atoms with Crippen LogP contribution >= 0.6 is 23.2 Å². The Labute approximate surface area is 220 Å². The van der Waals surface area contributed by atoms with Crippen LogP contribution in [0.5, 0.6) is 11.6 Å². The van der Waals surface area contributed by atoms with Crippen molar-refractivity contribution in [3.8, 4) is 23.4 Å². The summed E-state index contributed by atoms with van der Waals surface area (Å²) in [4.78, 5) is 50.8. The summed E-state index contributed by atoms with van der Waals surface area (Å²) in [7, 11) is 0. The van der Waals surface area contributed by atoms with Crippen molar-refractivity contribution in [3.63, 3.8) is 0 Å². The van der Waals surface area contributed by atoms with E-state index in [4.69, 9.17) is 37.9 Å². The number of carbonyl (C=O) groups excluding carboxylic acids is 1. The van der Waals surface area contributed by atoms with E-state index >= 15 is 0 Å². The fourth-order valence-corrected chi connectivity index (χ4v) is 3.50. The third kappa shape index (κ3) is 6.07. The summed E-state index contributed by atoms with van der Waals surface area (Å²) >= 11 is 12.7. The maximum absolute atomic E-state index is 12.8. The molecule has 0 bridgehead atoms. The van der Waals surface area contributed by atoms with E-state index in [0.717, 1.165) is 9.36 Å². The number of ether oxygens (including phenoxy) is 2. The number of hydrogen-bond acceptors (Lipinski definition) is 9. The van der Waals surface area contributed by atoms with Gasteiger partial charge in [-0.2, -0.15) is 14.6 Å². The second-order valence-corrected chi connectivity index (χ2v) is 9.99. The molecule has 0 aliphatic heterocycles. The van der Waals surface area contributed by atoms with E-state index in [-0.39, 0.29) is 33.3 Å². The van der Waals surface area contributed by atoms with E-state index in [2.05, 4.69) is 10.2 Å². The summed E-state index contributed by atoms with van der Waals surface area (Å²) in [5, 5.41) is 16.7. The third-order valence-corrected chi connectivity index (χ3v) is 5.46. The Hall–Kier alpha value is -3.95. The average molecular weight is 549 g/mol. The summed E-state index contributed by atoms with van der Waals surface area (Å²) in [6.45, 7) is 8.19. The van der Waals surface area contributed by atoms with E-state index in [1.54, 1.807) is 40.7 Å². The number of aromatic nitrogens is 5. The molecule has 2 heterocycles. The second kappa shape index (κ2) is 10.6. The fraction of sp³-hybridized carbons (Fsp3) is 0.348. The molecule has 3 rings (SSSR count). The van der Waals surface area contributed by atoms with Gasteiger partial charge in [-0.15, -0.1) is 10.2 Å². The van der Waals surface area contributed by atoms with Gasteiger partial charge in [0.15, 0.2) is 12.5 Å². The molecule has 0 aliphatic rings. The minimum Gasteiger partial charge on any atom is -0.442 e. The van der Waals surface area contributed by atoms with Gasteiger partial charge in [0.05, 0.1) is 21.1 Å². The lowest BCUT2D eigenvalue weighted by atomic mass is 9.98. The first-order valence-electron chi connectivity index (χ1n) is 10.8. The van der Waals surface area contributed by atoms with E-state index in [1.165, 1.54) is 18.2 Å². The van der Waals surface area contributed by atoms with Crippen LogP contribution in [0.25, 0.3) is 5.69 Å². The maximum atomic E-state index is 12.8. The molecule has 0 fully saturated rings. The number of nitrogens with zero attached hydrogens (tertiary/aromatic N) is 5. The fourth-order valence-electron chi connectivity index (χ4n) is 2.94. The first kappa shape index (κ1) is 27.6. The van der Waals surface area contributed by atoms with Gasteiger partial charge in [-0.1, -0.05) is 37.0 Å². The molecule has 37 heavy (non-hydrogen) atoms. The molecule has 0 saturated heterocycles. The first-order chi connectivity index (χ1) is 17.2. The molecule has 3 aromatic rings. The van der Waals surface area contributed by atoms with Crippen molar-refractivity contribution in [2.45, 2.75) is 47.3 Å². The second-order valence-electron chi connectivity index (χ2n) is 9.18. The number of benzene rings is 1. The van der Waals surface area contributed by atoms with Gasteiger partial charge >= 0.3 is 11.7 Å². The minimum atomic E-state index is -0.934. The van der Waals surface area contributed by atoms with Crippen LogP contribution in [-0.2, 0) is 16.3 Å². The molecule has 1 N–H and O–H groups in total. The van der Waals surface area contributed by atoms with Crippen molar-refractivity contribution in [3.05, 3.63) is 70.7 Å². The summed E-state index contributed by atoms with van der Waals surface area (Å²) < 4.78 is 12.7. The van der Waals surface area contributed by atoms with Gasteiger partial charge in [-0.3, -0.25) is 19.4 Å². The molecule has 0 aliphatic carbocycles. The number of halogens is 2. The average Bonchev–Trinajstić information content (AvgIpc) is 2.80. The van der Waals surface area contributed by atoms with E-state index < -0.39 is 40.6 Å². The van der Waals surface area contributed by atoms with E-state index in [9.17, 15) is 19.2 Å². The molecule has 0 radical (unpaired) electrons. The lowest BCUT2D eigenvalue weighted by Gasteiger charge is -2.18. The van der Waals surface area contributed by atoms with Gasteiger partial charge in [0, 0.05) is 11.6 Å². The van der Waals surface area contributed by atoms with Gasteiger partial charge in [0.1, 0.15) is 6.07 Å². The summed E-state index contributed by atoms with van der Waals surface area (Å²) in [6.07, 6.45) is 0. The SMILES string of the molecule is CC(C)c1cc(Oc2c(Cl)cc(-n3nc(C#N)c(=O)[nH]c3=O)cc2Cl)nn(COC(=O)C(C)(C)C)c1=O. The van der Waals surface area contributed by atoms with Crippen LogP contribution in [0.3, 0.4) is 0 Å². The first-order valence-corrected chi connectivity index (χ1v) is 11.6. The predicted octanol–water partition coefficient (Wildman–Crippen LogP) is 3.12. The van der Waals surface area contributed by atoms with Crippen molar-refractivity contribution >= 4 is 29.2 Å². The Kier molecular flexibility index (Phi) is 7.90. The molecule has 0 spiro atoms. The van der Waals surface area contributed by atoms with Gasteiger partial charge in [-0.25, -0.2) is 4.79 Å². The maximum Gasteiger partial charge on any atom is 0.349 e. The zero-order valence-corrected chi connectivity index (χ0v) is 22.0. The number of rotatable bonds is 6. The molecule has 1 aromatic carbocycles. The van der Waals surface area contributed by atoms with Crippen molar-refractivity contribution in [2.75, 3.05) is 0 Å². The van der Waals surface area contributed by atoms with E-state index in [0.29, 0.717) is 5.56 Å². The van der Waals surface area contributed by atoms with Crippen LogP contribution in [-0.4, -0.2) is 30.5 Å². The highest BCUT2D eigenvalue weighted by Crippen LogP contribution is 2.37. The molecular formula is C23H22Cl2N6O6. The number of nitriles is 1. The zero-order chi connectivity index (χ0) is 27.7. The number of carbonyl (C=O) groups is 1. The molecule has 0 amide bonds. The summed E-state index contributed by atoms with van der Waals surface area (Å²) in [5.41, 5.74) is -3.23. The van der Waals surface area contributed by atoms with Crippen molar-refractivity contribution in [1.29, 1.82) is 5.26 Å². The predicted molar refractivity (Wildman–Crippen MR) is 133 cm³/mol. The number of hydrogen-bond donors (Lipinski definition) is 1. The number of nitrogens with one attached hydrogen (secondary N) is 1. The minimum absolute atomic E-state index is 0.0509. The molecule has 2 aromatic heterocycles. The Bertz CT molecular complexity index is 1570. The van der Waals surface area contributed by atoms with Gasteiger partial charge < -0.3 is 9.47 Å². The molecule has 14 heteroatoms. The van der Waals surface area contributed by atoms with Crippen LogP contribution in [0.4, 0.5) is 0 Å². The highest BCUT2D eigenvalue weighted by molar-refractivity contribution is 6.37. The smallest absolute Gasteiger partial charge is 0.349 e. The van der Waals surface area contributed by atoms with Crippen LogP contribution in [0.1, 0.15) is 51.8 Å². The van der Waals surface area contributed by atoms with Gasteiger partial charge in [0.2, 0.25) is 11.6 Å². The normalized spacial score (nSPS) is 11.3. The standard InChI is InChI=1S/C23H22Cl2N6O6/c1-11(2)13-8-17(29-30(20(13)33)10-36-21(34)23(3,4)5)37-18-14(24)6-12(7-15(18)25)31-22(35)27-19(32)16(9-26)28-31/h6-8,11H,10H2,1-5H3,(H,27,32,35). The van der Waals surface area contributed by atoms with Crippen molar-refractivity contribution in [2.24, 2.45) is 5.41 Å². The van der Waals surface area contributed by atoms with Crippen molar-refractivity contribution < 1.29 is 14.3 Å². The molecular weight excluding hydrogens is 527 g/mol. The summed E-state index contributed by atoms with van der Waals surface area (Å²) in [5.74, 6) is -0.851. The van der Waals surface area contributed by atoms with Crippen LogP contribution in [0.15, 0.2) is 32.6 Å². The van der Waals surface area contributed by atoms with Gasteiger partial charge in [0.25, 0.3) is 11.1 Å². The Morgan fingerprint density at radius 2 is 1.76 bits per heavy atom. The highest BCUT2D eigenvalue weighted by Gasteiger charge is 2.24. The third-order valence-electron chi connectivity index (χ3n) is 4.90. The van der Waals surface area contributed by atoms with E-state index in [1.807, 2.05) is 4.98 Å². The lowest BCUT2D eigenvalue weighted by Crippen LogP contribution is -2.33. The van der Waals surface area contributed by atoms with Crippen LogP contribution < -0.4 is 21.5 Å². The Morgan fingerprint density at radius 1 is 1.14 bits per heavy atom. The molecule has 12 nitrogen and oxygen atoms in total. The Balaban J connectivity index is 2.02. The van der Waals surface area contributed by atoms with Gasteiger partial charge in [-0.05, 0) is 38.8 Å². The van der Waals surface area contributed by atoms with Crippen LogP contribution in [0.2, 0.25) is 10.0 Å². The molecule has 0 saturated carbocycles. The highest BCUT2D eigenvalue weighted by atomic mass is 35.5. The zero-order valence-electron chi connectivity index (χ0n) is 20.5. The quantitative estimate of drug-likeness (QED) is 0.455. The monoisotopic (exact) mass is 548 g/mol. The number of esters is 1. The largest absolute Gasteiger partial charge is 0.442 e. The molecule has 0 atom stereocenters. The number of H-pyrrole nitrogens is 1. The number of aromatic amines is 1. The molecule has 0 unspecified atom stereocenters. The summed E-state index contributed by atoms with van der Waals surface area (Å²) in [6, 6.07) is 5.56. The lowest BCUT2D eigenvalue weighted by molar-refractivity contribution is -0.157. The molecule has 194 valence electrons. The Morgan fingerprint density at radius 3 is 2.30 bits per heavy atom. The van der Waals surface area contributed by atoms with Crippen molar-refractivity contribution in [1.82, 2.24) is 24.5 Å². The topological polar surface area (TPSA) is 162 Å². The van der Waals surface area contributed by atoms with Crippen LogP contribution in [0, 0.1) is 16.7 Å².